The third-order valence-corrected chi connectivity index (χ3v) is 3.04. The summed E-state index contributed by atoms with van der Waals surface area (Å²) in [5, 5.41) is 10.3. The first-order valence-corrected chi connectivity index (χ1v) is 5.62. The molecule has 2 rings (SSSR count). The molecule has 0 spiro atoms. The second kappa shape index (κ2) is 4.57. The van der Waals surface area contributed by atoms with Crippen LogP contribution in [0.5, 0.6) is 0 Å². The van der Waals surface area contributed by atoms with Gasteiger partial charge in [-0.25, -0.2) is 4.39 Å². The number of halogens is 3. The summed E-state index contributed by atoms with van der Waals surface area (Å²) in [6.45, 7) is 0. The predicted octanol–water partition coefficient (Wildman–Crippen LogP) is 3.92. The zero-order chi connectivity index (χ0) is 11.7. The second-order valence-corrected chi connectivity index (χ2v) is 4.49. The highest BCUT2D eigenvalue weighted by atomic mass is 79.9. The van der Waals surface area contributed by atoms with Gasteiger partial charge in [0.2, 0.25) is 0 Å². The summed E-state index contributed by atoms with van der Waals surface area (Å²) in [6.07, 6.45) is 0.230. The molecule has 16 heavy (non-hydrogen) atoms. The van der Waals surface area contributed by atoms with Gasteiger partial charge >= 0.3 is 0 Å². The topological polar surface area (TPSA) is 33.4 Å². The van der Waals surface area contributed by atoms with Crippen molar-refractivity contribution in [2.24, 2.45) is 0 Å². The normalized spacial score (nSPS) is 12.8. The molecule has 1 heterocycles. The molecule has 0 aliphatic rings. The summed E-state index contributed by atoms with van der Waals surface area (Å²) in [4.78, 5) is 0. The van der Waals surface area contributed by atoms with Gasteiger partial charge in [0.05, 0.1) is 10.7 Å². The summed E-state index contributed by atoms with van der Waals surface area (Å²) in [7, 11) is 0. The summed E-state index contributed by atoms with van der Waals surface area (Å²) >= 11 is 8.94. The van der Waals surface area contributed by atoms with Crippen LogP contribution in [0.25, 0.3) is 0 Å². The van der Waals surface area contributed by atoms with Crippen LogP contribution < -0.4 is 0 Å². The monoisotopic (exact) mass is 304 g/mol. The largest absolute Gasteiger partial charge is 0.465 e. The van der Waals surface area contributed by atoms with E-state index in [4.69, 9.17) is 16.0 Å². The third-order valence-electron chi connectivity index (χ3n) is 2.15. The van der Waals surface area contributed by atoms with Crippen LogP contribution >= 0.6 is 27.5 Å². The van der Waals surface area contributed by atoms with Crippen molar-refractivity contribution in [2.45, 2.75) is 6.10 Å². The molecular weight excluding hydrogens is 298 g/mol. The van der Waals surface area contributed by atoms with Crippen LogP contribution in [0.4, 0.5) is 4.39 Å². The van der Waals surface area contributed by atoms with Gasteiger partial charge in [0, 0.05) is 10.6 Å². The lowest BCUT2D eigenvalue weighted by Gasteiger charge is -2.10. The van der Waals surface area contributed by atoms with Crippen LogP contribution in [0.15, 0.2) is 39.4 Å². The van der Waals surface area contributed by atoms with E-state index in [1.807, 2.05) is 0 Å². The van der Waals surface area contributed by atoms with Crippen LogP contribution in [0.1, 0.15) is 17.4 Å². The van der Waals surface area contributed by atoms with E-state index in [-0.39, 0.29) is 11.3 Å². The summed E-state index contributed by atoms with van der Waals surface area (Å²) in [6, 6.07) is 5.62. The maximum Gasteiger partial charge on any atom is 0.151 e. The lowest BCUT2D eigenvalue weighted by Crippen LogP contribution is -2.02. The first-order chi connectivity index (χ1) is 7.59. The van der Waals surface area contributed by atoms with Crippen LogP contribution in [-0.2, 0) is 0 Å². The molecule has 0 bridgehead atoms. The number of furan rings is 1. The average Bonchev–Trinajstić information content (AvgIpc) is 2.67. The Kier molecular flexibility index (Phi) is 3.33. The molecule has 0 amide bonds. The molecular formula is C11H7BrClFO2. The third kappa shape index (κ3) is 2.14. The fraction of sp³-hybridized carbons (Fsp3) is 0.0909. The quantitative estimate of drug-likeness (QED) is 0.912. The van der Waals surface area contributed by atoms with Crippen LogP contribution in [0.3, 0.4) is 0 Å². The first kappa shape index (κ1) is 11.6. The number of aliphatic hydroxyl groups excluding tert-OH is 1. The number of hydrogen-bond donors (Lipinski definition) is 1. The number of rotatable bonds is 2. The first-order valence-electron chi connectivity index (χ1n) is 4.45. The minimum atomic E-state index is -1.18. The maximum atomic E-state index is 13.5. The summed E-state index contributed by atoms with van der Waals surface area (Å²) < 4.78 is 19.1. The van der Waals surface area contributed by atoms with Gasteiger partial charge in [-0.1, -0.05) is 11.6 Å². The Morgan fingerprint density at radius 3 is 2.75 bits per heavy atom. The van der Waals surface area contributed by atoms with Crippen molar-refractivity contribution in [2.75, 3.05) is 0 Å². The highest BCUT2D eigenvalue weighted by Crippen LogP contribution is 2.31. The molecule has 2 nitrogen and oxygen atoms in total. The number of aliphatic hydroxyl groups is 1. The van der Waals surface area contributed by atoms with Crippen molar-refractivity contribution in [3.63, 3.8) is 0 Å². The molecule has 1 aromatic heterocycles. The Morgan fingerprint density at radius 1 is 1.38 bits per heavy atom. The number of hydrogen-bond acceptors (Lipinski definition) is 2. The smallest absolute Gasteiger partial charge is 0.151 e. The van der Waals surface area contributed by atoms with Gasteiger partial charge in [0.1, 0.15) is 11.9 Å². The molecule has 0 radical (unpaired) electrons. The second-order valence-electron chi connectivity index (χ2n) is 3.20. The van der Waals surface area contributed by atoms with Gasteiger partial charge in [0.25, 0.3) is 0 Å². The van der Waals surface area contributed by atoms with Crippen LogP contribution in [-0.4, -0.2) is 5.11 Å². The van der Waals surface area contributed by atoms with Gasteiger partial charge in [-0.15, -0.1) is 0 Å². The molecule has 0 fully saturated rings. The van der Waals surface area contributed by atoms with Crippen molar-refractivity contribution >= 4 is 27.5 Å². The van der Waals surface area contributed by atoms with Gasteiger partial charge in [-0.3, -0.25) is 0 Å². The SMILES string of the molecule is OC(c1cc(Cl)ccc1F)c1occc1Br. The van der Waals surface area contributed by atoms with Gasteiger partial charge in [-0.05, 0) is 40.2 Å². The van der Waals surface area contributed by atoms with E-state index in [9.17, 15) is 9.50 Å². The fourth-order valence-corrected chi connectivity index (χ4v) is 1.96. The highest BCUT2D eigenvalue weighted by Gasteiger charge is 2.20. The molecule has 0 saturated carbocycles. The van der Waals surface area contributed by atoms with Crippen molar-refractivity contribution in [3.8, 4) is 0 Å². The van der Waals surface area contributed by atoms with Crippen molar-refractivity contribution in [1.82, 2.24) is 0 Å². The summed E-state index contributed by atoms with van der Waals surface area (Å²) in [5.74, 6) is -0.277. The lowest BCUT2D eigenvalue weighted by atomic mass is 10.1. The van der Waals surface area contributed by atoms with E-state index in [0.29, 0.717) is 9.50 Å². The van der Waals surface area contributed by atoms with Gasteiger partial charge in [-0.2, -0.15) is 0 Å². The Balaban J connectivity index is 2.45. The zero-order valence-electron chi connectivity index (χ0n) is 7.95. The molecule has 2 aromatic rings. The van der Waals surface area contributed by atoms with E-state index < -0.39 is 11.9 Å². The Bertz CT molecular complexity index is 512. The van der Waals surface area contributed by atoms with Gasteiger partial charge < -0.3 is 9.52 Å². The molecule has 84 valence electrons. The van der Waals surface area contributed by atoms with E-state index in [1.165, 1.54) is 24.5 Å². The zero-order valence-corrected chi connectivity index (χ0v) is 10.3. The minimum absolute atomic E-state index is 0.0863. The van der Waals surface area contributed by atoms with Gasteiger partial charge in [0.15, 0.2) is 5.76 Å². The Morgan fingerprint density at radius 2 is 2.12 bits per heavy atom. The molecule has 0 aliphatic heterocycles. The Labute approximate surface area is 105 Å². The van der Waals surface area contributed by atoms with E-state index in [1.54, 1.807) is 6.07 Å². The summed E-state index contributed by atoms with van der Waals surface area (Å²) in [5.41, 5.74) is 0.0863. The van der Waals surface area contributed by atoms with Crippen molar-refractivity contribution < 1.29 is 13.9 Å². The van der Waals surface area contributed by atoms with Crippen LogP contribution in [0.2, 0.25) is 5.02 Å². The molecule has 0 saturated heterocycles. The van der Waals surface area contributed by atoms with E-state index in [2.05, 4.69) is 15.9 Å². The average molecular weight is 306 g/mol. The standard InChI is InChI=1S/C11H7BrClFO2/c12-8-3-4-16-11(8)10(15)7-5-6(13)1-2-9(7)14/h1-5,10,15H. The molecule has 1 unspecified atom stereocenters. The van der Waals surface area contributed by atoms with E-state index in [0.717, 1.165) is 0 Å². The minimum Gasteiger partial charge on any atom is -0.465 e. The number of benzene rings is 1. The predicted molar refractivity (Wildman–Crippen MR) is 61.9 cm³/mol. The fourth-order valence-electron chi connectivity index (χ4n) is 1.37. The lowest BCUT2D eigenvalue weighted by molar-refractivity contribution is 0.183. The van der Waals surface area contributed by atoms with Crippen molar-refractivity contribution in [3.05, 3.63) is 57.2 Å². The van der Waals surface area contributed by atoms with E-state index >= 15 is 0 Å². The molecule has 1 atom stereocenters. The maximum absolute atomic E-state index is 13.5. The molecule has 0 aliphatic carbocycles. The molecule has 1 N–H and O–H groups in total. The Hall–Kier alpha value is -0.840. The highest BCUT2D eigenvalue weighted by molar-refractivity contribution is 9.10. The van der Waals surface area contributed by atoms with Crippen LogP contribution in [0, 0.1) is 5.82 Å². The van der Waals surface area contributed by atoms with Crippen molar-refractivity contribution in [1.29, 1.82) is 0 Å². The molecule has 1 aromatic carbocycles. The molecule has 5 heteroatoms.